The number of hydrogen-bond acceptors (Lipinski definition) is 7. The van der Waals surface area contributed by atoms with Gasteiger partial charge in [-0.2, -0.15) is 5.10 Å². The molecule has 3 aromatic rings. The third-order valence-corrected chi connectivity index (χ3v) is 5.97. The summed E-state index contributed by atoms with van der Waals surface area (Å²) < 4.78 is 0. The number of nitrogens with zero attached hydrogens (tertiary/aromatic N) is 5. The normalized spacial score (nSPS) is 20.9. The van der Waals surface area contributed by atoms with Crippen LogP contribution in [0.1, 0.15) is 19.8 Å². The molecule has 1 saturated carbocycles. The Morgan fingerprint density at radius 1 is 1.18 bits per heavy atom. The minimum Gasteiger partial charge on any atom is -0.506 e. The fourth-order valence-electron chi connectivity index (χ4n) is 3.81. The van der Waals surface area contributed by atoms with E-state index >= 15 is 0 Å². The summed E-state index contributed by atoms with van der Waals surface area (Å²) in [5.74, 6) is 0.943. The van der Waals surface area contributed by atoms with Gasteiger partial charge in [-0.15, -0.1) is 10.2 Å². The summed E-state index contributed by atoms with van der Waals surface area (Å²) in [6.07, 6.45) is 7.74. The predicted octanol–water partition coefficient (Wildman–Crippen LogP) is 2.21. The Labute approximate surface area is 163 Å². The van der Waals surface area contributed by atoms with Crippen LogP contribution in [0.25, 0.3) is 22.5 Å². The topological polar surface area (TPSA) is 103 Å². The monoisotopic (exact) mass is 377 g/mol. The summed E-state index contributed by atoms with van der Waals surface area (Å²) >= 11 is 0. The molecule has 0 spiro atoms. The molecule has 0 amide bonds. The van der Waals surface area contributed by atoms with Crippen LogP contribution in [0.3, 0.4) is 0 Å². The first-order valence-corrected chi connectivity index (χ1v) is 9.63. The molecule has 1 aliphatic heterocycles. The molecule has 1 aliphatic carbocycles. The maximum atomic E-state index is 10.4. The van der Waals surface area contributed by atoms with Crippen LogP contribution in [-0.2, 0) is 0 Å². The van der Waals surface area contributed by atoms with Gasteiger partial charge in [0.1, 0.15) is 17.1 Å². The van der Waals surface area contributed by atoms with E-state index in [0.717, 1.165) is 36.6 Å². The number of hydrogen-bond donors (Lipinski definition) is 3. The molecule has 2 fully saturated rings. The van der Waals surface area contributed by atoms with E-state index in [2.05, 4.69) is 42.5 Å². The van der Waals surface area contributed by atoms with Crippen LogP contribution in [0.2, 0.25) is 0 Å². The lowest BCUT2D eigenvalue weighted by Gasteiger charge is -2.37. The molecule has 3 N–H and O–H groups in total. The summed E-state index contributed by atoms with van der Waals surface area (Å²) in [7, 11) is 0. The molecule has 1 saturated heterocycles. The van der Waals surface area contributed by atoms with Crippen LogP contribution >= 0.6 is 0 Å². The van der Waals surface area contributed by atoms with Crippen molar-refractivity contribution >= 4 is 5.82 Å². The van der Waals surface area contributed by atoms with E-state index in [0.29, 0.717) is 22.8 Å². The van der Waals surface area contributed by atoms with Crippen molar-refractivity contribution in [2.45, 2.75) is 25.8 Å². The molecule has 5 rings (SSSR count). The van der Waals surface area contributed by atoms with Crippen molar-refractivity contribution in [3.05, 3.63) is 36.8 Å². The zero-order chi connectivity index (χ0) is 19.1. The van der Waals surface area contributed by atoms with Gasteiger partial charge < -0.3 is 15.3 Å². The molecule has 28 heavy (non-hydrogen) atoms. The van der Waals surface area contributed by atoms with E-state index in [1.54, 1.807) is 24.7 Å². The second-order valence-corrected chi connectivity index (χ2v) is 7.96. The molecule has 0 bridgehead atoms. The minimum absolute atomic E-state index is 0.0737. The number of aromatic nitrogens is 5. The Hall–Kier alpha value is -3.00. The minimum atomic E-state index is 0.0737. The van der Waals surface area contributed by atoms with Crippen molar-refractivity contribution in [2.24, 2.45) is 5.41 Å². The van der Waals surface area contributed by atoms with Gasteiger partial charge in [0.25, 0.3) is 0 Å². The Bertz CT molecular complexity index is 967. The molecule has 1 atom stereocenters. The third kappa shape index (κ3) is 3.09. The number of nitrogens with one attached hydrogen (secondary N) is 2. The maximum absolute atomic E-state index is 10.4. The lowest BCUT2D eigenvalue weighted by Crippen LogP contribution is -2.54. The summed E-state index contributed by atoms with van der Waals surface area (Å²) in [6, 6.07) is 6.01. The van der Waals surface area contributed by atoms with Crippen LogP contribution in [0, 0.1) is 5.41 Å². The van der Waals surface area contributed by atoms with Crippen molar-refractivity contribution in [3.63, 3.8) is 0 Å². The number of anilines is 1. The average Bonchev–Trinajstić information content (AvgIpc) is 3.26. The quantitative estimate of drug-likeness (QED) is 0.640. The van der Waals surface area contributed by atoms with E-state index in [4.69, 9.17) is 0 Å². The number of aromatic amines is 1. The second kappa shape index (κ2) is 6.56. The van der Waals surface area contributed by atoms with Crippen molar-refractivity contribution < 1.29 is 5.11 Å². The highest BCUT2D eigenvalue weighted by Gasteiger charge is 2.46. The maximum Gasteiger partial charge on any atom is 0.151 e. The van der Waals surface area contributed by atoms with E-state index in [-0.39, 0.29) is 5.75 Å². The molecule has 0 aromatic carbocycles. The summed E-state index contributed by atoms with van der Waals surface area (Å²) in [6.45, 7) is 5.18. The number of rotatable bonds is 4. The lowest BCUT2D eigenvalue weighted by molar-refractivity contribution is 0.330. The SMILES string of the molecule is CC1(C2CN(c3ccc(-c4ncc(-c5cn[nH]c5)cc4O)nn3)CCN2)CC1. The fourth-order valence-corrected chi connectivity index (χ4v) is 3.81. The van der Waals surface area contributed by atoms with Crippen LogP contribution in [-0.4, -0.2) is 56.2 Å². The van der Waals surface area contributed by atoms with Gasteiger partial charge in [0, 0.05) is 49.2 Å². The Kier molecular flexibility index (Phi) is 4.01. The third-order valence-electron chi connectivity index (χ3n) is 5.97. The Morgan fingerprint density at radius 2 is 2.07 bits per heavy atom. The first kappa shape index (κ1) is 17.1. The van der Waals surface area contributed by atoms with Gasteiger partial charge in [-0.3, -0.25) is 5.10 Å². The highest BCUT2D eigenvalue weighted by molar-refractivity contribution is 5.69. The average molecular weight is 377 g/mol. The molecular formula is C20H23N7O. The molecule has 144 valence electrons. The molecule has 8 heteroatoms. The molecule has 4 heterocycles. The van der Waals surface area contributed by atoms with Crippen LogP contribution in [0.15, 0.2) is 36.8 Å². The summed E-state index contributed by atoms with van der Waals surface area (Å²) in [4.78, 5) is 6.67. The zero-order valence-corrected chi connectivity index (χ0v) is 15.8. The van der Waals surface area contributed by atoms with Crippen molar-refractivity contribution in [2.75, 3.05) is 24.5 Å². The Balaban J connectivity index is 1.35. The van der Waals surface area contributed by atoms with E-state index in [1.165, 1.54) is 12.8 Å². The zero-order valence-electron chi connectivity index (χ0n) is 15.8. The highest BCUT2D eigenvalue weighted by atomic mass is 16.3. The van der Waals surface area contributed by atoms with Crippen LogP contribution in [0.4, 0.5) is 5.82 Å². The smallest absolute Gasteiger partial charge is 0.151 e. The molecule has 0 radical (unpaired) electrons. The summed E-state index contributed by atoms with van der Waals surface area (Å²) in [5.41, 5.74) is 3.07. The van der Waals surface area contributed by atoms with Crippen molar-refractivity contribution in [1.29, 1.82) is 0 Å². The van der Waals surface area contributed by atoms with Crippen molar-refractivity contribution in [1.82, 2.24) is 30.7 Å². The van der Waals surface area contributed by atoms with Gasteiger partial charge in [0.2, 0.25) is 0 Å². The largest absolute Gasteiger partial charge is 0.506 e. The predicted molar refractivity (Wildman–Crippen MR) is 106 cm³/mol. The van der Waals surface area contributed by atoms with E-state index in [9.17, 15) is 5.11 Å². The van der Waals surface area contributed by atoms with Crippen molar-refractivity contribution in [3.8, 4) is 28.3 Å². The summed E-state index contributed by atoms with van der Waals surface area (Å²) in [5, 5.41) is 29.5. The number of piperazine rings is 1. The number of H-pyrrole nitrogens is 1. The first-order chi connectivity index (χ1) is 13.6. The molecule has 1 unspecified atom stereocenters. The van der Waals surface area contributed by atoms with Gasteiger partial charge in [-0.1, -0.05) is 6.92 Å². The van der Waals surface area contributed by atoms with E-state index in [1.807, 2.05) is 12.1 Å². The van der Waals surface area contributed by atoms with Crippen LogP contribution in [0.5, 0.6) is 5.75 Å². The van der Waals surface area contributed by atoms with Gasteiger partial charge in [0.15, 0.2) is 5.82 Å². The number of pyridine rings is 1. The van der Waals surface area contributed by atoms with Gasteiger partial charge in [0.05, 0.1) is 6.20 Å². The lowest BCUT2D eigenvalue weighted by atomic mass is 9.97. The van der Waals surface area contributed by atoms with Gasteiger partial charge >= 0.3 is 0 Å². The van der Waals surface area contributed by atoms with Crippen LogP contribution < -0.4 is 10.2 Å². The molecule has 2 aliphatic rings. The van der Waals surface area contributed by atoms with E-state index < -0.39 is 0 Å². The van der Waals surface area contributed by atoms with Gasteiger partial charge in [-0.05, 0) is 36.5 Å². The van der Waals surface area contributed by atoms with Gasteiger partial charge in [-0.25, -0.2) is 4.98 Å². The standard InChI is InChI=1S/C20H23N7O/c1-20(4-5-20)17-12-27(7-6-21-17)18-3-2-15(25-26-18)19-16(28)8-13(9-22-19)14-10-23-24-11-14/h2-3,8-11,17,21,28H,4-7,12H2,1H3,(H,23,24). The fraction of sp³-hybridized carbons (Fsp3) is 0.400. The molecule has 8 nitrogen and oxygen atoms in total. The second-order valence-electron chi connectivity index (χ2n) is 7.96. The molecular weight excluding hydrogens is 354 g/mol. The molecule has 3 aromatic heterocycles. The highest BCUT2D eigenvalue weighted by Crippen LogP contribution is 2.48. The Morgan fingerprint density at radius 3 is 2.75 bits per heavy atom. The first-order valence-electron chi connectivity index (χ1n) is 9.63. The number of aromatic hydroxyl groups is 1.